The van der Waals surface area contributed by atoms with Crippen molar-refractivity contribution in [1.82, 2.24) is 10.6 Å². The van der Waals surface area contributed by atoms with E-state index in [0.717, 1.165) is 45.2 Å². The van der Waals surface area contributed by atoms with Gasteiger partial charge in [-0.3, -0.25) is 9.59 Å². The molecule has 0 bridgehead atoms. The minimum absolute atomic E-state index is 0.0352. The molecule has 2 unspecified atom stereocenters. The van der Waals surface area contributed by atoms with Crippen LogP contribution in [-0.4, -0.2) is 48.8 Å². The van der Waals surface area contributed by atoms with Gasteiger partial charge in [0.15, 0.2) is 0 Å². The number of hydrogen-bond acceptors (Lipinski definition) is 4. The molecular weight excluding hydrogens is 260 g/mol. The predicted molar refractivity (Wildman–Crippen MR) is 73.4 cm³/mol. The van der Waals surface area contributed by atoms with Gasteiger partial charge in [-0.1, -0.05) is 12.8 Å². The van der Waals surface area contributed by atoms with Crippen LogP contribution < -0.4 is 10.6 Å². The number of carbonyl (C=O) groups is 2. The molecule has 0 radical (unpaired) electrons. The highest BCUT2D eigenvalue weighted by Crippen LogP contribution is 2.24. The van der Waals surface area contributed by atoms with Crippen molar-refractivity contribution in [3.63, 3.8) is 0 Å². The second-order valence-corrected chi connectivity index (χ2v) is 5.66. The van der Waals surface area contributed by atoms with E-state index < -0.39 is 11.9 Å². The second kappa shape index (κ2) is 7.59. The molecule has 2 rings (SSSR count). The summed E-state index contributed by atoms with van der Waals surface area (Å²) in [6, 6.07) is -0.245. The maximum Gasteiger partial charge on any atom is 0.308 e. The quantitative estimate of drug-likeness (QED) is 0.685. The standard InChI is InChI=1S/C14H24N2O4/c17-13(9-20-10-5-7-15-8-6-10)16-12-4-2-1-3-11(12)14(18)19/h10-12,15H,1-9H2,(H,16,17)(H,18,19). The maximum absolute atomic E-state index is 11.9. The minimum atomic E-state index is -0.811. The van der Waals surface area contributed by atoms with Crippen LogP contribution in [0.25, 0.3) is 0 Å². The molecule has 0 spiro atoms. The fourth-order valence-corrected chi connectivity index (χ4v) is 3.00. The molecule has 0 aromatic carbocycles. The molecule has 0 aromatic heterocycles. The molecule has 1 aliphatic carbocycles. The summed E-state index contributed by atoms with van der Waals surface area (Å²) in [7, 11) is 0. The Labute approximate surface area is 119 Å². The van der Waals surface area contributed by atoms with E-state index in [1.165, 1.54) is 0 Å². The van der Waals surface area contributed by atoms with Gasteiger partial charge in [-0.2, -0.15) is 0 Å². The first-order valence-electron chi connectivity index (χ1n) is 7.51. The van der Waals surface area contributed by atoms with Gasteiger partial charge in [0, 0.05) is 6.04 Å². The highest BCUT2D eigenvalue weighted by Gasteiger charge is 2.31. The second-order valence-electron chi connectivity index (χ2n) is 5.66. The summed E-state index contributed by atoms with van der Waals surface area (Å²) in [5.41, 5.74) is 0. The Kier molecular flexibility index (Phi) is 5.79. The SMILES string of the molecule is O=C(COC1CCNCC1)NC1CCCCC1C(=O)O. The van der Waals surface area contributed by atoms with E-state index >= 15 is 0 Å². The van der Waals surface area contributed by atoms with Gasteiger partial charge in [0.1, 0.15) is 6.61 Å². The van der Waals surface area contributed by atoms with E-state index in [9.17, 15) is 9.59 Å². The number of amides is 1. The van der Waals surface area contributed by atoms with Crippen LogP contribution in [0.5, 0.6) is 0 Å². The van der Waals surface area contributed by atoms with E-state index in [1.807, 2.05) is 0 Å². The lowest BCUT2D eigenvalue weighted by atomic mass is 9.84. The Morgan fingerprint density at radius 2 is 1.85 bits per heavy atom. The third-order valence-electron chi connectivity index (χ3n) is 4.17. The topological polar surface area (TPSA) is 87.7 Å². The van der Waals surface area contributed by atoms with Gasteiger partial charge < -0.3 is 20.5 Å². The first kappa shape index (κ1) is 15.3. The van der Waals surface area contributed by atoms with Gasteiger partial charge in [-0.25, -0.2) is 0 Å². The van der Waals surface area contributed by atoms with Crippen molar-refractivity contribution < 1.29 is 19.4 Å². The first-order chi connectivity index (χ1) is 9.66. The van der Waals surface area contributed by atoms with E-state index in [0.29, 0.717) is 6.42 Å². The average molecular weight is 284 g/mol. The molecule has 114 valence electrons. The molecular formula is C14H24N2O4. The van der Waals surface area contributed by atoms with Gasteiger partial charge >= 0.3 is 5.97 Å². The number of ether oxygens (including phenoxy) is 1. The molecule has 1 saturated heterocycles. The lowest BCUT2D eigenvalue weighted by Gasteiger charge is -2.29. The van der Waals surface area contributed by atoms with E-state index in [4.69, 9.17) is 9.84 Å². The Bertz CT molecular complexity index is 342. The Morgan fingerprint density at radius 1 is 1.15 bits per heavy atom. The summed E-state index contributed by atoms with van der Waals surface area (Å²) in [4.78, 5) is 23.0. The molecule has 3 N–H and O–H groups in total. The molecule has 1 aliphatic heterocycles. The molecule has 2 aliphatic rings. The van der Waals surface area contributed by atoms with Crippen molar-refractivity contribution >= 4 is 11.9 Å². The zero-order valence-corrected chi connectivity index (χ0v) is 11.8. The number of aliphatic carboxylic acids is 1. The van der Waals surface area contributed by atoms with E-state index in [1.54, 1.807) is 0 Å². The zero-order valence-electron chi connectivity index (χ0n) is 11.8. The summed E-state index contributed by atoms with van der Waals surface area (Å²) in [5, 5.41) is 15.2. The molecule has 1 amide bonds. The van der Waals surface area contributed by atoms with Gasteiger partial charge in [0.05, 0.1) is 12.0 Å². The number of nitrogens with one attached hydrogen (secondary N) is 2. The van der Waals surface area contributed by atoms with E-state index in [2.05, 4.69) is 10.6 Å². The smallest absolute Gasteiger partial charge is 0.308 e. The number of rotatable bonds is 5. The van der Waals surface area contributed by atoms with Gasteiger partial charge in [0.2, 0.25) is 5.91 Å². The monoisotopic (exact) mass is 284 g/mol. The summed E-state index contributed by atoms with van der Waals surface area (Å²) in [5.74, 6) is -1.46. The lowest BCUT2D eigenvalue weighted by molar-refractivity contribution is -0.144. The van der Waals surface area contributed by atoms with Crippen molar-refractivity contribution in [1.29, 1.82) is 0 Å². The third kappa shape index (κ3) is 4.45. The molecule has 1 saturated carbocycles. The Hall–Kier alpha value is -1.14. The number of piperidine rings is 1. The summed E-state index contributed by atoms with van der Waals surface area (Å²) < 4.78 is 5.58. The number of carboxylic acid groups (broad SMARTS) is 1. The van der Waals surface area contributed by atoms with Crippen LogP contribution in [0.1, 0.15) is 38.5 Å². The molecule has 0 aromatic rings. The number of hydrogen-bond donors (Lipinski definition) is 3. The molecule has 20 heavy (non-hydrogen) atoms. The van der Waals surface area contributed by atoms with Crippen LogP contribution in [0.4, 0.5) is 0 Å². The normalized spacial score (nSPS) is 28.0. The minimum Gasteiger partial charge on any atom is -0.481 e. The van der Waals surface area contributed by atoms with Crippen molar-refractivity contribution in [2.24, 2.45) is 5.92 Å². The van der Waals surface area contributed by atoms with Crippen LogP contribution in [-0.2, 0) is 14.3 Å². The summed E-state index contributed by atoms with van der Waals surface area (Å²) in [6.45, 7) is 1.89. The highest BCUT2D eigenvalue weighted by atomic mass is 16.5. The largest absolute Gasteiger partial charge is 0.481 e. The Morgan fingerprint density at radius 3 is 2.55 bits per heavy atom. The zero-order chi connectivity index (χ0) is 14.4. The van der Waals surface area contributed by atoms with Crippen molar-refractivity contribution in [2.75, 3.05) is 19.7 Å². The van der Waals surface area contributed by atoms with Gasteiger partial charge in [-0.15, -0.1) is 0 Å². The third-order valence-corrected chi connectivity index (χ3v) is 4.17. The highest BCUT2D eigenvalue weighted by molar-refractivity contribution is 5.79. The molecule has 1 heterocycles. The van der Waals surface area contributed by atoms with Crippen LogP contribution in [0.15, 0.2) is 0 Å². The molecule has 6 nitrogen and oxygen atoms in total. The Balaban J connectivity index is 1.73. The van der Waals surface area contributed by atoms with Crippen molar-refractivity contribution in [2.45, 2.75) is 50.7 Å². The predicted octanol–water partition coefficient (Wildman–Crippen LogP) is 0.515. The van der Waals surface area contributed by atoms with Crippen LogP contribution in [0.3, 0.4) is 0 Å². The molecule has 6 heteroatoms. The number of carbonyl (C=O) groups excluding carboxylic acids is 1. The lowest BCUT2D eigenvalue weighted by Crippen LogP contribution is -2.46. The van der Waals surface area contributed by atoms with Crippen molar-refractivity contribution in [3.8, 4) is 0 Å². The summed E-state index contributed by atoms with van der Waals surface area (Å²) >= 11 is 0. The first-order valence-corrected chi connectivity index (χ1v) is 7.51. The van der Waals surface area contributed by atoms with Gasteiger partial charge in [0.25, 0.3) is 0 Å². The van der Waals surface area contributed by atoms with Gasteiger partial charge in [-0.05, 0) is 38.8 Å². The maximum atomic E-state index is 11.9. The van der Waals surface area contributed by atoms with E-state index in [-0.39, 0.29) is 24.7 Å². The van der Waals surface area contributed by atoms with Crippen LogP contribution >= 0.6 is 0 Å². The fourth-order valence-electron chi connectivity index (χ4n) is 3.00. The average Bonchev–Trinajstić information content (AvgIpc) is 2.46. The van der Waals surface area contributed by atoms with Crippen molar-refractivity contribution in [3.05, 3.63) is 0 Å². The molecule has 2 atom stereocenters. The fraction of sp³-hybridized carbons (Fsp3) is 0.857. The van der Waals surface area contributed by atoms with Crippen LogP contribution in [0, 0.1) is 5.92 Å². The molecule has 2 fully saturated rings. The number of carboxylic acids is 1. The van der Waals surface area contributed by atoms with Crippen LogP contribution in [0.2, 0.25) is 0 Å². The summed E-state index contributed by atoms with van der Waals surface area (Å²) in [6.07, 6.45) is 5.29.